The van der Waals surface area contributed by atoms with Gasteiger partial charge in [0.2, 0.25) is 0 Å². The van der Waals surface area contributed by atoms with E-state index in [0.717, 1.165) is 0 Å². The van der Waals surface area contributed by atoms with Gasteiger partial charge < -0.3 is 35.6 Å². The van der Waals surface area contributed by atoms with Crippen molar-refractivity contribution in [1.82, 2.24) is 19.5 Å². The highest BCUT2D eigenvalue weighted by atomic mass is 16.6. The first-order valence-electron chi connectivity index (χ1n) is 7.43. The molecule has 1 saturated heterocycles. The van der Waals surface area contributed by atoms with Gasteiger partial charge in [-0.1, -0.05) is 0 Å². The minimum Gasteiger partial charge on any atom is -0.394 e. The second-order valence-electron chi connectivity index (χ2n) is 5.47. The zero-order chi connectivity index (χ0) is 17.3. The summed E-state index contributed by atoms with van der Waals surface area (Å²) in [5.74, 6) is 0.395. The van der Waals surface area contributed by atoms with Crippen LogP contribution in [-0.4, -0.2) is 82.8 Å². The molecule has 2 unspecified atom stereocenters. The number of anilines is 1. The summed E-state index contributed by atoms with van der Waals surface area (Å²) in [6.07, 6.45) is -2.92. The molecule has 0 amide bonds. The van der Waals surface area contributed by atoms with Crippen LogP contribution in [0.25, 0.3) is 11.2 Å². The quantitative estimate of drug-likeness (QED) is 0.310. The van der Waals surface area contributed by atoms with E-state index in [9.17, 15) is 15.3 Å². The predicted octanol–water partition coefficient (Wildman–Crippen LogP) is -2.45. The van der Waals surface area contributed by atoms with Crippen LogP contribution < -0.4 is 5.32 Å². The topological polar surface area (TPSA) is 166 Å². The van der Waals surface area contributed by atoms with E-state index >= 15 is 0 Å². The van der Waals surface area contributed by atoms with Gasteiger partial charge in [-0.3, -0.25) is 4.57 Å². The third kappa shape index (κ3) is 3.05. The lowest BCUT2D eigenvalue weighted by Gasteiger charge is -2.16. The molecule has 11 heteroatoms. The van der Waals surface area contributed by atoms with Gasteiger partial charge in [0.25, 0.3) is 0 Å². The number of imidazole rings is 1. The van der Waals surface area contributed by atoms with Gasteiger partial charge in [-0.05, 0) is 0 Å². The molecule has 0 radical (unpaired) electrons. The average molecular weight is 341 g/mol. The van der Waals surface area contributed by atoms with E-state index in [1.54, 1.807) is 0 Å². The third-order valence-electron chi connectivity index (χ3n) is 3.85. The highest BCUT2D eigenvalue weighted by molar-refractivity contribution is 5.82. The molecule has 24 heavy (non-hydrogen) atoms. The Morgan fingerprint density at radius 3 is 2.67 bits per heavy atom. The maximum atomic E-state index is 10.1. The predicted molar refractivity (Wildman–Crippen MR) is 79.7 cm³/mol. The van der Waals surface area contributed by atoms with Crippen molar-refractivity contribution in [1.29, 1.82) is 0 Å². The molecule has 6 N–H and O–H groups in total. The van der Waals surface area contributed by atoms with Crippen molar-refractivity contribution < 1.29 is 30.3 Å². The lowest BCUT2D eigenvalue weighted by atomic mass is 10.1. The number of aliphatic hydroxyl groups is 5. The molecule has 3 rings (SSSR count). The van der Waals surface area contributed by atoms with Crippen molar-refractivity contribution in [2.45, 2.75) is 37.3 Å². The molecule has 11 nitrogen and oxygen atoms in total. The van der Waals surface area contributed by atoms with Gasteiger partial charge in [-0.2, -0.15) is 0 Å². The fourth-order valence-electron chi connectivity index (χ4n) is 2.60. The number of aromatic nitrogens is 4. The van der Waals surface area contributed by atoms with Crippen LogP contribution in [-0.2, 0) is 4.74 Å². The molecule has 2 aromatic heterocycles. The van der Waals surface area contributed by atoms with Crippen molar-refractivity contribution in [2.24, 2.45) is 0 Å². The van der Waals surface area contributed by atoms with E-state index < -0.39 is 37.4 Å². The molecule has 0 spiro atoms. The van der Waals surface area contributed by atoms with E-state index in [1.165, 1.54) is 17.2 Å². The molecule has 4 atom stereocenters. The summed E-state index contributed by atoms with van der Waals surface area (Å²) in [6, 6.07) is 0. The van der Waals surface area contributed by atoms with Gasteiger partial charge in [0.05, 0.1) is 12.9 Å². The standard InChI is InChI=1S/C13H19N5O6/c19-3-6-9(22)10(23)13(24-6)18-5-17-8-11(14-2-1-7(20)21)15-4-16-12(8)18/h4-7,9-10,13,19-23H,1-3H2,(H,14,15,16)/t6-,9?,10?,13-/m1/s1. The normalized spacial score (nSPS) is 27.2. The van der Waals surface area contributed by atoms with E-state index in [4.69, 9.17) is 14.9 Å². The van der Waals surface area contributed by atoms with Crippen LogP contribution in [0.2, 0.25) is 0 Å². The lowest BCUT2D eigenvalue weighted by Crippen LogP contribution is -2.33. The molecule has 1 aliphatic heterocycles. The molecule has 0 saturated carbocycles. The summed E-state index contributed by atoms with van der Waals surface area (Å²) < 4.78 is 6.92. The molecule has 1 fully saturated rings. The maximum Gasteiger partial charge on any atom is 0.167 e. The number of fused-ring (bicyclic) bond motifs is 1. The first kappa shape index (κ1) is 17.0. The Morgan fingerprint density at radius 2 is 2.00 bits per heavy atom. The molecule has 1 aliphatic rings. The van der Waals surface area contributed by atoms with Crippen LogP contribution in [0.5, 0.6) is 0 Å². The zero-order valence-corrected chi connectivity index (χ0v) is 12.6. The van der Waals surface area contributed by atoms with Crippen LogP contribution in [0.1, 0.15) is 12.6 Å². The Balaban J connectivity index is 1.86. The monoisotopic (exact) mass is 341 g/mol. The average Bonchev–Trinajstić information content (AvgIpc) is 3.10. The van der Waals surface area contributed by atoms with Gasteiger partial charge in [-0.25, -0.2) is 15.0 Å². The van der Waals surface area contributed by atoms with Crippen molar-refractivity contribution in [3.05, 3.63) is 12.7 Å². The molecule has 0 bridgehead atoms. The zero-order valence-electron chi connectivity index (χ0n) is 12.6. The van der Waals surface area contributed by atoms with Crippen molar-refractivity contribution in [2.75, 3.05) is 18.5 Å². The van der Waals surface area contributed by atoms with Crippen LogP contribution in [0.3, 0.4) is 0 Å². The number of nitrogens with one attached hydrogen (secondary N) is 1. The number of nitrogens with zero attached hydrogens (tertiary/aromatic N) is 4. The van der Waals surface area contributed by atoms with E-state index in [1.807, 2.05) is 0 Å². The largest absolute Gasteiger partial charge is 0.394 e. The smallest absolute Gasteiger partial charge is 0.167 e. The minimum atomic E-state index is -1.42. The molecule has 0 aromatic carbocycles. The minimum absolute atomic E-state index is 0.112. The summed E-state index contributed by atoms with van der Waals surface area (Å²) >= 11 is 0. The summed E-state index contributed by atoms with van der Waals surface area (Å²) in [4.78, 5) is 12.4. The molecule has 3 heterocycles. The number of rotatable bonds is 6. The van der Waals surface area contributed by atoms with Crippen LogP contribution in [0, 0.1) is 0 Å². The second-order valence-corrected chi connectivity index (χ2v) is 5.47. The van der Waals surface area contributed by atoms with Gasteiger partial charge >= 0.3 is 0 Å². The Hall–Kier alpha value is -1.89. The van der Waals surface area contributed by atoms with Crippen molar-refractivity contribution >= 4 is 17.0 Å². The lowest BCUT2D eigenvalue weighted by molar-refractivity contribution is -0.0511. The Labute approximate surface area is 136 Å². The number of aliphatic hydroxyl groups excluding tert-OH is 4. The molecule has 2 aromatic rings. The Kier molecular flexibility index (Phi) is 4.89. The first-order chi connectivity index (χ1) is 11.5. The van der Waals surface area contributed by atoms with Gasteiger partial charge in [0, 0.05) is 13.0 Å². The van der Waals surface area contributed by atoms with Crippen molar-refractivity contribution in [3.63, 3.8) is 0 Å². The third-order valence-corrected chi connectivity index (χ3v) is 3.85. The van der Waals surface area contributed by atoms with Crippen LogP contribution >= 0.6 is 0 Å². The molecule has 132 valence electrons. The highest BCUT2D eigenvalue weighted by Gasteiger charge is 2.44. The number of hydrogen-bond acceptors (Lipinski definition) is 10. The summed E-state index contributed by atoms with van der Waals surface area (Å²) in [7, 11) is 0. The second kappa shape index (κ2) is 6.93. The Morgan fingerprint density at radius 1 is 1.21 bits per heavy atom. The van der Waals surface area contributed by atoms with E-state index in [-0.39, 0.29) is 13.0 Å². The first-order valence-corrected chi connectivity index (χ1v) is 7.43. The molecule has 0 aliphatic carbocycles. The fraction of sp³-hybridized carbons (Fsp3) is 0.615. The van der Waals surface area contributed by atoms with Crippen molar-refractivity contribution in [3.8, 4) is 0 Å². The molecular weight excluding hydrogens is 322 g/mol. The van der Waals surface area contributed by atoms with E-state index in [0.29, 0.717) is 17.0 Å². The van der Waals surface area contributed by atoms with E-state index in [2.05, 4.69) is 20.3 Å². The summed E-state index contributed by atoms with van der Waals surface area (Å²) in [6.45, 7) is -0.156. The SMILES string of the molecule is OC[C@H]1O[C@@H](n2cnc3c(NCCC(O)O)ncnc32)C(O)C1O. The van der Waals surface area contributed by atoms with Gasteiger partial charge in [0.15, 0.2) is 29.5 Å². The summed E-state index contributed by atoms with van der Waals surface area (Å²) in [5, 5.41) is 49.8. The van der Waals surface area contributed by atoms with Gasteiger partial charge in [-0.15, -0.1) is 0 Å². The fourth-order valence-corrected chi connectivity index (χ4v) is 2.60. The number of hydrogen-bond donors (Lipinski definition) is 6. The van der Waals surface area contributed by atoms with Crippen LogP contribution in [0.15, 0.2) is 12.7 Å². The molecular formula is C13H19N5O6. The maximum absolute atomic E-state index is 10.1. The van der Waals surface area contributed by atoms with Crippen LogP contribution in [0.4, 0.5) is 5.82 Å². The number of ether oxygens (including phenoxy) is 1. The van der Waals surface area contributed by atoms with Gasteiger partial charge in [0.1, 0.15) is 24.6 Å². The highest BCUT2D eigenvalue weighted by Crippen LogP contribution is 2.31. The summed E-state index contributed by atoms with van der Waals surface area (Å²) in [5.41, 5.74) is 0.773. The Bertz CT molecular complexity index is 695.